The molecule has 0 N–H and O–H groups in total. The van der Waals surface area contributed by atoms with Crippen LogP contribution in [0.3, 0.4) is 0 Å². The van der Waals surface area contributed by atoms with Gasteiger partial charge in [0.2, 0.25) is 0 Å². The minimum atomic E-state index is -4.59. The lowest BCUT2D eigenvalue weighted by Crippen LogP contribution is -2.28. The third-order valence-corrected chi connectivity index (χ3v) is 4.90. The molecule has 0 atom stereocenters. The molecule has 166 valence electrons. The Morgan fingerprint density at radius 3 is 2.24 bits per heavy atom. The van der Waals surface area contributed by atoms with Crippen molar-refractivity contribution in [2.75, 3.05) is 5.01 Å². The maximum absolute atomic E-state index is 13.8. The molecule has 6 nitrogen and oxygen atoms in total. The second kappa shape index (κ2) is 9.44. The van der Waals surface area contributed by atoms with E-state index in [2.05, 4.69) is 10.2 Å². The molecule has 0 aliphatic rings. The zero-order valence-electron chi connectivity index (χ0n) is 17.3. The summed E-state index contributed by atoms with van der Waals surface area (Å²) in [6, 6.07) is 21.7. The number of alkyl halides is 3. The van der Waals surface area contributed by atoms with Crippen LogP contribution in [0.1, 0.15) is 22.3 Å². The van der Waals surface area contributed by atoms with Gasteiger partial charge < -0.3 is 4.74 Å². The molecule has 0 spiro atoms. The summed E-state index contributed by atoms with van der Waals surface area (Å²) >= 11 is 0. The molecule has 4 rings (SSSR count). The zero-order chi connectivity index (χ0) is 23.3. The fourth-order valence-electron chi connectivity index (χ4n) is 3.27. The Morgan fingerprint density at radius 2 is 1.61 bits per heavy atom. The number of halogens is 3. The fraction of sp³-hybridized carbons (Fsp3) is 0.125. The van der Waals surface area contributed by atoms with Gasteiger partial charge in [0.25, 0.3) is 0 Å². The molecule has 0 bridgehead atoms. The number of aromatic nitrogens is 3. The Balaban J connectivity index is 1.63. The van der Waals surface area contributed by atoms with Crippen molar-refractivity contribution in [3.63, 3.8) is 0 Å². The highest BCUT2D eigenvalue weighted by Gasteiger charge is 2.35. The monoisotopic (exact) mass is 449 g/mol. The molecular formula is C24H18F3N5O. The third kappa shape index (κ3) is 5.30. The van der Waals surface area contributed by atoms with E-state index in [0.29, 0.717) is 16.8 Å². The SMILES string of the molecule is N#Cc1ccc(N(Cc2ccc(OCc3ccccc3)c(C(F)(F)F)c2)n2cnnc2)cc1. The van der Waals surface area contributed by atoms with Crippen molar-refractivity contribution in [1.82, 2.24) is 14.9 Å². The largest absolute Gasteiger partial charge is 0.488 e. The molecule has 0 unspecified atom stereocenters. The molecule has 0 radical (unpaired) electrons. The quantitative estimate of drug-likeness (QED) is 0.387. The van der Waals surface area contributed by atoms with Crippen LogP contribution in [-0.4, -0.2) is 14.9 Å². The number of nitrogens with zero attached hydrogens (tertiary/aromatic N) is 5. The lowest BCUT2D eigenvalue weighted by Gasteiger charge is -2.25. The number of hydrogen-bond donors (Lipinski definition) is 0. The summed E-state index contributed by atoms with van der Waals surface area (Å²) in [5, 5.41) is 18.3. The van der Waals surface area contributed by atoms with Crippen molar-refractivity contribution < 1.29 is 17.9 Å². The number of ether oxygens (including phenoxy) is 1. The molecule has 0 saturated carbocycles. The third-order valence-electron chi connectivity index (χ3n) is 4.90. The Hall–Kier alpha value is -4.32. The summed E-state index contributed by atoms with van der Waals surface area (Å²) in [7, 11) is 0. The molecule has 4 aromatic rings. The normalized spacial score (nSPS) is 11.1. The van der Waals surface area contributed by atoms with Crippen LogP contribution < -0.4 is 9.75 Å². The number of nitriles is 1. The van der Waals surface area contributed by atoms with Crippen molar-refractivity contribution in [3.05, 3.63) is 108 Å². The van der Waals surface area contributed by atoms with Crippen LogP contribution in [0.25, 0.3) is 0 Å². The second-order valence-corrected chi connectivity index (χ2v) is 7.16. The number of anilines is 1. The number of hydrogen-bond acceptors (Lipinski definition) is 5. The van der Waals surface area contributed by atoms with E-state index < -0.39 is 11.7 Å². The maximum atomic E-state index is 13.8. The van der Waals surface area contributed by atoms with Gasteiger partial charge in [-0.05, 0) is 47.5 Å². The van der Waals surface area contributed by atoms with Crippen LogP contribution in [-0.2, 0) is 19.3 Å². The predicted octanol–water partition coefficient (Wildman–Crippen LogP) is 5.22. The zero-order valence-corrected chi connectivity index (χ0v) is 17.3. The van der Waals surface area contributed by atoms with Crippen molar-refractivity contribution in [2.45, 2.75) is 19.3 Å². The first-order chi connectivity index (χ1) is 15.9. The number of benzene rings is 3. The minimum absolute atomic E-state index is 0.0291. The van der Waals surface area contributed by atoms with Crippen LogP contribution in [0, 0.1) is 11.3 Å². The van der Waals surface area contributed by atoms with Crippen LogP contribution in [0.4, 0.5) is 18.9 Å². The Morgan fingerprint density at radius 1 is 0.909 bits per heavy atom. The van der Waals surface area contributed by atoms with Gasteiger partial charge in [0.1, 0.15) is 25.0 Å². The van der Waals surface area contributed by atoms with Gasteiger partial charge in [-0.2, -0.15) is 18.4 Å². The van der Waals surface area contributed by atoms with Crippen molar-refractivity contribution in [3.8, 4) is 11.8 Å². The standard InChI is InChI=1S/C24H18F3N5O/c25-24(26,27)22-12-20(8-11-23(22)33-15-19-4-2-1-3-5-19)14-32(31-16-29-30-17-31)21-9-6-18(13-28)7-10-21/h1-12,16-17H,14-15H2. The van der Waals surface area contributed by atoms with E-state index >= 15 is 0 Å². The van der Waals surface area contributed by atoms with Gasteiger partial charge in [-0.15, -0.1) is 10.2 Å². The topological polar surface area (TPSA) is 67.0 Å². The molecule has 1 aromatic heterocycles. The maximum Gasteiger partial charge on any atom is 0.419 e. The molecule has 3 aromatic carbocycles. The molecular weight excluding hydrogens is 431 g/mol. The van der Waals surface area contributed by atoms with E-state index in [4.69, 9.17) is 10.00 Å². The van der Waals surface area contributed by atoms with E-state index in [1.54, 1.807) is 64.3 Å². The van der Waals surface area contributed by atoms with Gasteiger partial charge in [-0.3, -0.25) is 5.01 Å². The minimum Gasteiger partial charge on any atom is -0.488 e. The molecule has 0 amide bonds. The molecule has 33 heavy (non-hydrogen) atoms. The first-order valence-electron chi connectivity index (χ1n) is 9.93. The highest BCUT2D eigenvalue weighted by molar-refractivity contribution is 5.50. The van der Waals surface area contributed by atoms with Gasteiger partial charge in [0.05, 0.1) is 29.4 Å². The Labute approximate surface area is 188 Å². The van der Waals surface area contributed by atoms with Gasteiger partial charge in [0, 0.05) is 0 Å². The summed E-state index contributed by atoms with van der Waals surface area (Å²) in [6.45, 7) is 0.132. The molecule has 1 heterocycles. The second-order valence-electron chi connectivity index (χ2n) is 7.16. The fourth-order valence-corrected chi connectivity index (χ4v) is 3.27. The van der Waals surface area contributed by atoms with Gasteiger partial charge >= 0.3 is 6.18 Å². The lowest BCUT2D eigenvalue weighted by molar-refractivity contribution is -0.139. The van der Waals surface area contributed by atoms with E-state index in [1.165, 1.54) is 18.7 Å². The highest BCUT2D eigenvalue weighted by atomic mass is 19.4. The molecule has 0 aliphatic carbocycles. The summed E-state index contributed by atoms with van der Waals surface area (Å²) < 4.78 is 48.5. The van der Waals surface area contributed by atoms with E-state index in [-0.39, 0.29) is 18.9 Å². The average molecular weight is 449 g/mol. The first-order valence-corrected chi connectivity index (χ1v) is 9.93. The number of rotatable bonds is 7. The van der Waals surface area contributed by atoms with Crippen molar-refractivity contribution in [2.24, 2.45) is 0 Å². The smallest absolute Gasteiger partial charge is 0.419 e. The van der Waals surface area contributed by atoms with Crippen molar-refractivity contribution in [1.29, 1.82) is 5.26 Å². The molecule has 0 saturated heterocycles. The van der Waals surface area contributed by atoms with E-state index in [1.807, 2.05) is 12.1 Å². The average Bonchev–Trinajstić information content (AvgIpc) is 3.36. The molecule has 0 fully saturated rings. The van der Waals surface area contributed by atoms with Gasteiger partial charge in [0.15, 0.2) is 0 Å². The molecule has 9 heteroatoms. The predicted molar refractivity (Wildman–Crippen MR) is 115 cm³/mol. The van der Waals surface area contributed by atoms with Crippen LogP contribution in [0.5, 0.6) is 5.75 Å². The van der Waals surface area contributed by atoms with Crippen LogP contribution >= 0.6 is 0 Å². The van der Waals surface area contributed by atoms with E-state index in [0.717, 1.165) is 11.6 Å². The summed E-state index contributed by atoms with van der Waals surface area (Å²) in [6.07, 6.45) is -1.70. The Bertz CT molecular complexity index is 1230. The Kier molecular flexibility index (Phi) is 6.26. The van der Waals surface area contributed by atoms with Gasteiger partial charge in [-0.1, -0.05) is 36.4 Å². The van der Waals surface area contributed by atoms with E-state index in [9.17, 15) is 13.2 Å². The van der Waals surface area contributed by atoms with Crippen LogP contribution in [0.15, 0.2) is 85.5 Å². The van der Waals surface area contributed by atoms with Gasteiger partial charge in [-0.25, -0.2) is 4.68 Å². The molecule has 0 aliphatic heterocycles. The highest BCUT2D eigenvalue weighted by Crippen LogP contribution is 2.37. The summed E-state index contributed by atoms with van der Waals surface area (Å²) in [5.74, 6) is -0.232. The summed E-state index contributed by atoms with van der Waals surface area (Å²) in [5.41, 5.74) is 1.47. The first kappa shape index (κ1) is 21.9. The van der Waals surface area contributed by atoms with Crippen molar-refractivity contribution >= 4 is 5.69 Å². The lowest BCUT2D eigenvalue weighted by atomic mass is 10.1. The van der Waals surface area contributed by atoms with Crippen LogP contribution in [0.2, 0.25) is 0 Å². The summed E-state index contributed by atoms with van der Waals surface area (Å²) in [4.78, 5) is 0.